The molecule has 4 aromatic rings. The first-order chi connectivity index (χ1) is 12.8. The van der Waals surface area contributed by atoms with Gasteiger partial charge in [0.15, 0.2) is 0 Å². The van der Waals surface area contributed by atoms with Gasteiger partial charge in [-0.25, -0.2) is 0 Å². The van der Waals surface area contributed by atoms with Crippen molar-refractivity contribution in [3.05, 3.63) is 96.6 Å². The zero-order chi connectivity index (χ0) is 17.9. The average Bonchev–Trinajstić information content (AvgIpc) is 3.02. The van der Waals surface area contributed by atoms with Crippen LogP contribution < -0.4 is 0 Å². The molecule has 0 atom stereocenters. The smallest absolute Gasteiger partial charge is 0.0500 e. The highest BCUT2D eigenvalue weighted by Gasteiger charge is 2.14. The highest BCUT2D eigenvalue weighted by atomic mass is 15.0. The minimum absolute atomic E-state index is 0.878. The van der Waals surface area contributed by atoms with Gasteiger partial charge < -0.3 is 4.57 Å². The van der Waals surface area contributed by atoms with Crippen LogP contribution in [0.1, 0.15) is 13.8 Å². The molecule has 0 fully saturated rings. The van der Waals surface area contributed by atoms with Gasteiger partial charge in [0.05, 0.1) is 5.52 Å². The van der Waals surface area contributed by atoms with Crippen molar-refractivity contribution in [2.75, 3.05) is 0 Å². The van der Waals surface area contributed by atoms with Crippen molar-refractivity contribution in [2.24, 2.45) is 0 Å². The summed E-state index contributed by atoms with van der Waals surface area (Å²) < 4.78 is 2.44. The van der Waals surface area contributed by atoms with Crippen LogP contribution in [0, 0.1) is 0 Å². The molecule has 0 unspecified atom stereocenters. The first-order valence-corrected chi connectivity index (χ1v) is 9.16. The first kappa shape index (κ1) is 16.4. The lowest BCUT2D eigenvalue weighted by Crippen LogP contribution is -1.99. The van der Waals surface area contributed by atoms with Crippen LogP contribution in [0.3, 0.4) is 0 Å². The Hall–Kier alpha value is -3.06. The fourth-order valence-electron chi connectivity index (χ4n) is 3.76. The Morgan fingerprint density at radius 2 is 1.54 bits per heavy atom. The van der Waals surface area contributed by atoms with Crippen LogP contribution in [-0.4, -0.2) is 4.57 Å². The average molecular weight is 337 g/mol. The number of rotatable bonds is 4. The Labute approximate surface area is 154 Å². The molecule has 1 heterocycles. The molecule has 128 valence electrons. The lowest BCUT2D eigenvalue weighted by Gasteiger charge is -2.09. The van der Waals surface area contributed by atoms with Gasteiger partial charge in [0.1, 0.15) is 0 Å². The normalized spacial score (nSPS) is 12.5. The molecule has 3 aromatic carbocycles. The van der Waals surface area contributed by atoms with Gasteiger partial charge in [-0.2, -0.15) is 0 Å². The van der Waals surface area contributed by atoms with Gasteiger partial charge in [-0.15, -0.1) is 0 Å². The molecular weight excluding hydrogens is 314 g/mol. The maximum absolute atomic E-state index is 2.44. The molecule has 0 saturated heterocycles. The summed E-state index contributed by atoms with van der Waals surface area (Å²) in [5.74, 6) is 0. The Kier molecular flexibility index (Phi) is 4.45. The molecule has 0 bridgehead atoms. The van der Waals surface area contributed by atoms with Gasteiger partial charge in [0, 0.05) is 22.8 Å². The Balaban J connectivity index is 2.04. The number of hydrogen-bond acceptors (Lipinski definition) is 0. The van der Waals surface area contributed by atoms with Crippen LogP contribution in [0.15, 0.2) is 96.6 Å². The third kappa shape index (κ3) is 2.76. The topological polar surface area (TPSA) is 4.93 Å². The second-order valence-corrected chi connectivity index (χ2v) is 6.53. The molecule has 0 aliphatic heterocycles. The molecule has 1 aromatic heterocycles. The number of aromatic nitrogens is 1. The van der Waals surface area contributed by atoms with E-state index in [-0.39, 0.29) is 0 Å². The third-order valence-electron chi connectivity index (χ3n) is 4.97. The van der Waals surface area contributed by atoms with E-state index in [1.807, 2.05) is 0 Å². The second-order valence-electron chi connectivity index (χ2n) is 6.53. The third-order valence-corrected chi connectivity index (χ3v) is 4.97. The molecule has 0 radical (unpaired) electrons. The molecule has 0 N–H and O–H groups in total. The molecule has 0 aliphatic carbocycles. The minimum Gasteiger partial charge on any atom is -0.336 e. The van der Waals surface area contributed by atoms with E-state index in [1.165, 1.54) is 38.5 Å². The first-order valence-electron chi connectivity index (χ1n) is 9.16. The van der Waals surface area contributed by atoms with E-state index < -0.39 is 0 Å². The molecule has 1 heteroatoms. The van der Waals surface area contributed by atoms with Crippen molar-refractivity contribution >= 4 is 21.8 Å². The summed E-state index contributed by atoms with van der Waals surface area (Å²) in [6, 6.07) is 26.1. The fourth-order valence-corrected chi connectivity index (χ4v) is 3.76. The minimum atomic E-state index is 0.878. The molecule has 26 heavy (non-hydrogen) atoms. The number of allylic oxidation sites excluding steroid dienone is 4. The van der Waals surface area contributed by atoms with Crippen molar-refractivity contribution in [1.82, 2.24) is 4.57 Å². The number of para-hydroxylation sites is 1. The Morgan fingerprint density at radius 1 is 0.808 bits per heavy atom. The summed E-state index contributed by atoms with van der Waals surface area (Å²) in [4.78, 5) is 0. The van der Waals surface area contributed by atoms with Crippen molar-refractivity contribution in [3.63, 3.8) is 0 Å². The van der Waals surface area contributed by atoms with Gasteiger partial charge in [0.2, 0.25) is 0 Å². The van der Waals surface area contributed by atoms with Crippen LogP contribution in [0.4, 0.5) is 0 Å². The summed E-state index contributed by atoms with van der Waals surface area (Å²) in [5.41, 5.74) is 6.46. The number of hydrogen-bond donors (Lipinski definition) is 0. The number of fused-ring (bicyclic) bond motifs is 3. The van der Waals surface area contributed by atoms with Gasteiger partial charge in [-0.05, 0) is 42.7 Å². The SMILES string of the molecule is C/C=C\C(=C/C)Cn1c2ccccc2c2c(-c3ccccc3)cccc21. The second kappa shape index (κ2) is 7.05. The van der Waals surface area contributed by atoms with E-state index in [0.717, 1.165) is 6.54 Å². The zero-order valence-electron chi connectivity index (χ0n) is 15.3. The number of nitrogens with zero attached hydrogens (tertiary/aromatic N) is 1. The van der Waals surface area contributed by atoms with Crippen molar-refractivity contribution in [3.8, 4) is 11.1 Å². The van der Waals surface area contributed by atoms with Gasteiger partial charge >= 0.3 is 0 Å². The summed E-state index contributed by atoms with van der Waals surface area (Å²) in [6.45, 7) is 5.06. The van der Waals surface area contributed by atoms with E-state index >= 15 is 0 Å². The zero-order valence-corrected chi connectivity index (χ0v) is 15.3. The molecule has 0 amide bonds. The molecule has 4 rings (SSSR count). The van der Waals surface area contributed by atoms with Crippen molar-refractivity contribution in [1.29, 1.82) is 0 Å². The molecular formula is C25H23N. The summed E-state index contributed by atoms with van der Waals surface area (Å²) in [7, 11) is 0. The van der Waals surface area contributed by atoms with E-state index in [1.54, 1.807) is 0 Å². The van der Waals surface area contributed by atoms with Crippen LogP contribution in [-0.2, 0) is 6.54 Å². The van der Waals surface area contributed by atoms with E-state index in [9.17, 15) is 0 Å². The highest BCUT2D eigenvalue weighted by Crippen LogP contribution is 2.36. The molecule has 0 spiro atoms. The van der Waals surface area contributed by atoms with E-state index in [0.29, 0.717) is 0 Å². The summed E-state index contributed by atoms with van der Waals surface area (Å²) in [6.07, 6.45) is 6.50. The van der Waals surface area contributed by atoms with Crippen LogP contribution in [0.25, 0.3) is 32.9 Å². The molecule has 0 saturated carbocycles. The number of benzene rings is 3. The highest BCUT2D eigenvalue weighted by molar-refractivity contribution is 6.14. The van der Waals surface area contributed by atoms with Gasteiger partial charge in [0.25, 0.3) is 0 Å². The molecule has 1 nitrogen and oxygen atoms in total. The standard InChI is InChI=1S/C25H23N/c1-3-11-19(4-2)18-26-23-16-9-8-14-22(23)25-21(15-10-17-24(25)26)20-12-6-5-7-13-20/h3-17H,18H2,1-2H3/b11-3-,19-4+. The van der Waals surface area contributed by atoms with Crippen LogP contribution >= 0.6 is 0 Å². The quantitative estimate of drug-likeness (QED) is 0.354. The Bertz CT molecular complexity index is 1110. The Morgan fingerprint density at radius 3 is 2.31 bits per heavy atom. The van der Waals surface area contributed by atoms with E-state index in [2.05, 4.69) is 109 Å². The van der Waals surface area contributed by atoms with Crippen LogP contribution in [0.5, 0.6) is 0 Å². The lowest BCUT2D eigenvalue weighted by atomic mass is 9.99. The van der Waals surface area contributed by atoms with Gasteiger partial charge in [-0.3, -0.25) is 0 Å². The maximum atomic E-state index is 2.44. The predicted octanol–water partition coefficient (Wildman–Crippen LogP) is 6.98. The summed E-state index contributed by atoms with van der Waals surface area (Å²) >= 11 is 0. The fraction of sp³-hybridized carbons (Fsp3) is 0.120. The van der Waals surface area contributed by atoms with Gasteiger partial charge in [-0.1, -0.05) is 78.9 Å². The lowest BCUT2D eigenvalue weighted by molar-refractivity contribution is 0.866. The monoisotopic (exact) mass is 337 g/mol. The van der Waals surface area contributed by atoms with Crippen molar-refractivity contribution < 1.29 is 0 Å². The molecule has 0 aliphatic rings. The largest absolute Gasteiger partial charge is 0.336 e. The predicted molar refractivity (Wildman–Crippen MR) is 113 cm³/mol. The maximum Gasteiger partial charge on any atom is 0.0500 e. The van der Waals surface area contributed by atoms with E-state index in [4.69, 9.17) is 0 Å². The van der Waals surface area contributed by atoms with Crippen molar-refractivity contribution in [2.45, 2.75) is 20.4 Å². The summed E-state index contributed by atoms with van der Waals surface area (Å²) in [5, 5.41) is 2.66. The van der Waals surface area contributed by atoms with Crippen LogP contribution in [0.2, 0.25) is 0 Å².